The molecule has 2 N–H and O–H groups in total. The molecule has 5 nitrogen and oxygen atoms in total. The molecule has 0 saturated carbocycles. The van der Waals surface area contributed by atoms with Crippen LogP contribution >= 0.6 is 11.6 Å². The molecule has 0 saturated heterocycles. The van der Waals surface area contributed by atoms with E-state index < -0.39 is 0 Å². The SMILES string of the molecule is Nc1ccc(-n2cc(-c3ccco3)nn2)c(Cl)c1. The van der Waals surface area contributed by atoms with Crippen molar-refractivity contribution in [2.24, 2.45) is 0 Å². The minimum absolute atomic E-state index is 0.519. The summed E-state index contributed by atoms with van der Waals surface area (Å²) in [6.07, 6.45) is 3.33. The molecule has 2 heterocycles. The van der Waals surface area contributed by atoms with Crippen LogP contribution in [-0.4, -0.2) is 15.0 Å². The van der Waals surface area contributed by atoms with Crippen molar-refractivity contribution < 1.29 is 4.42 Å². The molecule has 0 fully saturated rings. The molecule has 3 rings (SSSR count). The lowest BCUT2D eigenvalue weighted by Gasteiger charge is -2.03. The van der Waals surface area contributed by atoms with Crippen LogP contribution in [0.1, 0.15) is 0 Å². The number of benzene rings is 1. The Hall–Kier alpha value is -2.27. The van der Waals surface area contributed by atoms with Crippen molar-refractivity contribution in [1.82, 2.24) is 15.0 Å². The van der Waals surface area contributed by atoms with Crippen molar-refractivity contribution in [3.05, 3.63) is 47.8 Å². The van der Waals surface area contributed by atoms with Crippen LogP contribution in [0.25, 0.3) is 17.1 Å². The number of furan rings is 1. The van der Waals surface area contributed by atoms with Gasteiger partial charge in [-0.15, -0.1) is 5.10 Å². The first-order valence-corrected chi connectivity index (χ1v) is 5.63. The Kier molecular flexibility index (Phi) is 2.53. The maximum atomic E-state index is 6.11. The maximum absolute atomic E-state index is 6.11. The monoisotopic (exact) mass is 260 g/mol. The maximum Gasteiger partial charge on any atom is 0.155 e. The van der Waals surface area contributed by atoms with Gasteiger partial charge >= 0.3 is 0 Å². The molecule has 18 heavy (non-hydrogen) atoms. The molecule has 1 aromatic carbocycles. The highest BCUT2D eigenvalue weighted by Gasteiger charge is 2.09. The Bertz CT molecular complexity index is 675. The fraction of sp³-hybridized carbons (Fsp3) is 0. The van der Waals surface area contributed by atoms with Gasteiger partial charge in [-0.3, -0.25) is 0 Å². The average molecular weight is 261 g/mol. The summed E-state index contributed by atoms with van der Waals surface area (Å²) in [5.74, 6) is 0.660. The van der Waals surface area contributed by atoms with Crippen LogP contribution in [0.15, 0.2) is 47.2 Å². The smallest absolute Gasteiger partial charge is 0.155 e. The van der Waals surface area contributed by atoms with Crippen LogP contribution in [0.2, 0.25) is 5.02 Å². The third kappa shape index (κ3) is 1.84. The highest BCUT2D eigenvalue weighted by atomic mass is 35.5. The van der Waals surface area contributed by atoms with E-state index in [0.29, 0.717) is 22.2 Å². The molecular weight excluding hydrogens is 252 g/mol. The van der Waals surface area contributed by atoms with E-state index in [9.17, 15) is 0 Å². The van der Waals surface area contributed by atoms with Gasteiger partial charge in [0, 0.05) is 5.69 Å². The van der Waals surface area contributed by atoms with E-state index >= 15 is 0 Å². The van der Waals surface area contributed by atoms with Crippen molar-refractivity contribution in [3.8, 4) is 17.1 Å². The molecule has 0 aliphatic carbocycles. The Balaban J connectivity index is 2.03. The normalized spacial score (nSPS) is 10.7. The topological polar surface area (TPSA) is 69.9 Å². The fourth-order valence-corrected chi connectivity index (χ4v) is 1.90. The van der Waals surface area contributed by atoms with Crippen molar-refractivity contribution in [3.63, 3.8) is 0 Å². The molecule has 0 unspecified atom stereocenters. The van der Waals surface area contributed by atoms with Crippen LogP contribution in [-0.2, 0) is 0 Å². The van der Waals surface area contributed by atoms with Gasteiger partial charge in [0.2, 0.25) is 0 Å². The van der Waals surface area contributed by atoms with E-state index in [0.717, 1.165) is 5.69 Å². The van der Waals surface area contributed by atoms with Gasteiger partial charge in [-0.1, -0.05) is 16.8 Å². The van der Waals surface area contributed by atoms with Crippen LogP contribution in [0.3, 0.4) is 0 Å². The first-order chi connectivity index (χ1) is 8.74. The fourth-order valence-electron chi connectivity index (χ4n) is 1.63. The lowest BCUT2D eigenvalue weighted by Crippen LogP contribution is -1.96. The van der Waals surface area contributed by atoms with Crippen LogP contribution in [0.5, 0.6) is 0 Å². The third-order valence-corrected chi connectivity index (χ3v) is 2.79. The molecule has 2 aromatic heterocycles. The summed E-state index contributed by atoms with van der Waals surface area (Å²) in [5.41, 5.74) is 7.61. The van der Waals surface area contributed by atoms with E-state index in [1.165, 1.54) is 0 Å². The quantitative estimate of drug-likeness (QED) is 0.719. The standard InChI is InChI=1S/C12H9ClN4O/c13-9-6-8(14)3-4-11(9)17-7-10(15-16-17)12-2-1-5-18-12/h1-7H,14H2. The van der Waals surface area contributed by atoms with E-state index in [4.69, 9.17) is 21.8 Å². The van der Waals surface area contributed by atoms with Crippen LogP contribution < -0.4 is 5.73 Å². The van der Waals surface area contributed by atoms with Gasteiger partial charge in [-0.2, -0.15) is 0 Å². The Labute approximate surface area is 108 Å². The highest BCUT2D eigenvalue weighted by Crippen LogP contribution is 2.24. The van der Waals surface area contributed by atoms with Gasteiger partial charge in [-0.05, 0) is 30.3 Å². The second kappa shape index (κ2) is 4.19. The number of rotatable bonds is 2. The minimum Gasteiger partial charge on any atom is -0.463 e. The molecule has 6 heteroatoms. The number of hydrogen-bond donors (Lipinski definition) is 1. The van der Waals surface area contributed by atoms with Gasteiger partial charge in [0.25, 0.3) is 0 Å². The molecular formula is C12H9ClN4O. The van der Waals surface area contributed by atoms with E-state index in [1.54, 1.807) is 41.4 Å². The first-order valence-electron chi connectivity index (χ1n) is 5.25. The number of nitrogens with two attached hydrogens (primary N) is 1. The highest BCUT2D eigenvalue weighted by molar-refractivity contribution is 6.32. The first kappa shape index (κ1) is 10.9. The lowest BCUT2D eigenvalue weighted by atomic mass is 10.3. The van der Waals surface area contributed by atoms with Gasteiger partial charge < -0.3 is 10.2 Å². The van der Waals surface area contributed by atoms with Crippen molar-refractivity contribution in [1.29, 1.82) is 0 Å². The summed E-state index contributed by atoms with van der Waals surface area (Å²) in [7, 11) is 0. The molecule has 0 radical (unpaired) electrons. The summed E-state index contributed by atoms with van der Waals surface area (Å²) >= 11 is 6.11. The van der Waals surface area contributed by atoms with Crippen molar-refractivity contribution >= 4 is 17.3 Å². The number of nitrogen functional groups attached to an aromatic ring is 1. The lowest BCUT2D eigenvalue weighted by molar-refractivity contribution is 0.580. The second-order valence-corrected chi connectivity index (χ2v) is 4.14. The summed E-state index contributed by atoms with van der Waals surface area (Å²) in [6, 6.07) is 8.84. The molecule has 3 aromatic rings. The Morgan fingerprint density at radius 3 is 2.89 bits per heavy atom. The van der Waals surface area contributed by atoms with Gasteiger partial charge in [0.05, 0.1) is 23.2 Å². The van der Waals surface area contributed by atoms with Crippen molar-refractivity contribution in [2.75, 3.05) is 5.73 Å². The number of halogens is 1. The molecule has 0 aliphatic heterocycles. The zero-order chi connectivity index (χ0) is 12.5. The zero-order valence-corrected chi connectivity index (χ0v) is 10.0. The summed E-state index contributed by atoms with van der Waals surface area (Å²) in [4.78, 5) is 0. The predicted octanol–water partition coefficient (Wildman–Crippen LogP) is 2.76. The van der Waals surface area contributed by atoms with Gasteiger partial charge in [-0.25, -0.2) is 4.68 Å². The van der Waals surface area contributed by atoms with E-state index in [2.05, 4.69) is 10.3 Å². The molecule has 90 valence electrons. The van der Waals surface area contributed by atoms with Gasteiger partial charge in [0.1, 0.15) is 5.69 Å². The number of anilines is 1. The zero-order valence-electron chi connectivity index (χ0n) is 9.25. The molecule has 0 bridgehead atoms. The summed E-state index contributed by atoms with van der Waals surface area (Å²) < 4.78 is 6.83. The number of hydrogen-bond acceptors (Lipinski definition) is 4. The molecule has 0 atom stereocenters. The van der Waals surface area contributed by atoms with E-state index in [1.807, 2.05) is 6.07 Å². The van der Waals surface area contributed by atoms with Crippen LogP contribution in [0, 0.1) is 0 Å². The van der Waals surface area contributed by atoms with E-state index in [-0.39, 0.29) is 0 Å². The number of nitrogens with zero attached hydrogens (tertiary/aromatic N) is 3. The second-order valence-electron chi connectivity index (χ2n) is 3.74. The average Bonchev–Trinajstić information content (AvgIpc) is 2.99. The van der Waals surface area contributed by atoms with Crippen LogP contribution in [0.4, 0.5) is 5.69 Å². The largest absolute Gasteiger partial charge is 0.463 e. The third-order valence-electron chi connectivity index (χ3n) is 2.49. The summed E-state index contributed by atoms with van der Waals surface area (Å²) in [5, 5.41) is 8.56. The molecule has 0 aliphatic rings. The predicted molar refractivity (Wildman–Crippen MR) is 68.5 cm³/mol. The number of aromatic nitrogens is 3. The van der Waals surface area contributed by atoms with Crippen molar-refractivity contribution in [2.45, 2.75) is 0 Å². The minimum atomic E-state index is 0.519. The Morgan fingerprint density at radius 1 is 1.28 bits per heavy atom. The van der Waals surface area contributed by atoms with Gasteiger partial charge in [0.15, 0.2) is 5.76 Å². The molecule has 0 amide bonds. The summed E-state index contributed by atoms with van der Waals surface area (Å²) in [6.45, 7) is 0. The molecule has 0 spiro atoms. The Morgan fingerprint density at radius 2 is 2.17 bits per heavy atom.